The number of amides is 1. The van der Waals surface area contributed by atoms with Crippen LogP contribution >= 0.6 is 0 Å². The van der Waals surface area contributed by atoms with Gasteiger partial charge in [-0.3, -0.25) is 19.1 Å². The summed E-state index contributed by atoms with van der Waals surface area (Å²) < 4.78 is 13.8. The Balaban J connectivity index is 2.47. The molecule has 2 N–H and O–H groups in total. The highest BCUT2D eigenvalue weighted by atomic mass is 19.1. The minimum atomic E-state index is -1.09. The van der Waals surface area contributed by atoms with E-state index in [9.17, 15) is 18.8 Å². The molecule has 0 aliphatic heterocycles. The molecule has 19 heavy (non-hydrogen) atoms. The van der Waals surface area contributed by atoms with E-state index < -0.39 is 17.1 Å². The molecule has 7 heteroatoms. The van der Waals surface area contributed by atoms with Crippen molar-refractivity contribution in [3.8, 4) is 0 Å². The minimum absolute atomic E-state index is 0.305. The van der Waals surface area contributed by atoms with E-state index >= 15 is 0 Å². The lowest BCUT2D eigenvalue weighted by molar-refractivity contribution is -0.121. The summed E-state index contributed by atoms with van der Waals surface area (Å²) in [4.78, 5) is 35.4. The summed E-state index contributed by atoms with van der Waals surface area (Å²) in [7, 11) is 0. The van der Waals surface area contributed by atoms with Crippen LogP contribution < -0.4 is 16.6 Å². The second-order valence-electron chi connectivity index (χ2n) is 4.27. The summed E-state index contributed by atoms with van der Waals surface area (Å²) in [5, 5.41) is 2.64. The van der Waals surface area contributed by atoms with Crippen LogP contribution in [0.2, 0.25) is 0 Å². The SMILES string of the molecule is CCCCCCNC(=O)Cn1cc(F)c(=O)[nH]c1=O. The third kappa shape index (κ3) is 5.07. The molecule has 0 saturated carbocycles. The van der Waals surface area contributed by atoms with Crippen molar-refractivity contribution in [3.63, 3.8) is 0 Å². The van der Waals surface area contributed by atoms with Gasteiger partial charge in [0.15, 0.2) is 0 Å². The maximum atomic E-state index is 13.0. The van der Waals surface area contributed by atoms with E-state index in [2.05, 4.69) is 12.2 Å². The highest BCUT2D eigenvalue weighted by Crippen LogP contribution is 1.96. The predicted molar refractivity (Wildman–Crippen MR) is 68.4 cm³/mol. The summed E-state index contributed by atoms with van der Waals surface area (Å²) in [6, 6.07) is 0. The molecule has 0 fully saturated rings. The first-order valence-electron chi connectivity index (χ1n) is 6.30. The third-order valence-corrected chi connectivity index (χ3v) is 2.63. The van der Waals surface area contributed by atoms with Crippen molar-refractivity contribution in [3.05, 3.63) is 32.9 Å². The van der Waals surface area contributed by atoms with E-state index in [0.717, 1.165) is 36.4 Å². The maximum absolute atomic E-state index is 13.0. The van der Waals surface area contributed by atoms with Gasteiger partial charge < -0.3 is 5.32 Å². The van der Waals surface area contributed by atoms with Gasteiger partial charge in [-0.2, -0.15) is 4.39 Å². The van der Waals surface area contributed by atoms with Gasteiger partial charge in [-0.15, -0.1) is 0 Å². The number of H-pyrrole nitrogens is 1. The number of carbonyl (C=O) groups is 1. The molecule has 1 rings (SSSR count). The van der Waals surface area contributed by atoms with E-state index in [4.69, 9.17) is 0 Å². The van der Waals surface area contributed by atoms with Crippen LogP contribution in [-0.2, 0) is 11.3 Å². The number of hydrogen-bond donors (Lipinski definition) is 2. The van der Waals surface area contributed by atoms with E-state index in [1.54, 1.807) is 4.98 Å². The van der Waals surface area contributed by atoms with Gasteiger partial charge in [0.05, 0.1) is 6.20 Å². The summed E-state index contributed by atoms with van der Waals surface area (Å²) in [5.74, 6) is -1.47. The Hall–Kier alpha value is -1.92. The Bertz CT molecular complexity index is 536. The number of carbonyl (C=O) groups excluding carboxylic acids is 1. The van der Waals surface area contributed by atoms with Crippen molar-refractivity contribution in [1.29, 1.82) is 0 Å². The highest BCUT2D eigenvalue weighted by molar-refractivity contribution is 5.75. The van der Waals surface area contributed by atoms with Crippen molar-refractivity contribution in [2.75, 3.05) is 6.54 Å². The first-order valence-corrected chi connectivity index (χ1v) is 6.30. The van der Waals surface area contributed by atoms with E-state index in [1.165, 1.54) is 0 Å². The summed E-state index contributed by atoms with van der Waals surface area (Å²) in [6.07, 6.45) is 4.86. The molecule has 0 spiro atoms. The van der Waals surface area contributed by atoms with Crippen molar-refractivity contribution in [1.82, 2.24) is 14.9 Å². The van der Waals surface area contributed by atoms with E-state index in [1.807, 2.05) is 0 Å². The standard InChI is InChI=1S/C12H18FN3O3/c1-2-3-4-5-6-14-10(17)8-16-7-9(13)11(18)15-12(16)19/h7H,2-6,8H2,1H3,(H,14,17)(H,15,18,19). The second-order valence-corrected chi connectivity index (χ2v) is 4.27. The number of hydrogen-bond acceptors (Lipinski definition) is 3. The molecule has 0 radical (unpaired) electrons. The molecule has 0 aromatic carbocycles. The highest BCUT2D eigenvalue weighted by Gasteiger charge is 2.07. The monoisotopic (exact) mass is 271 g/mol. The van der Waals surface area contributed by atoms with Crippen LogP contribution in [0.4, 0.5) is 4.39 Å². The van der Waals surface area contributed by atoms with Gasteiger partial charge >= 0.3 is 5.69 Å². The molecule has 0 unspecified atom stereocenters. The lowest BCUT2D eigenvalue weighted by Gasteiger charge is -2.06. The molecule has 1 heterocycles. The molecule has 0 aliphatic carbocycles. The Labute approximate surface area is 109 Å². The predicted octanol–water partition coefficient (Wildman–Crippen LogP) is 0.372. The summed E-state index contributed by atoms with van der Waals surface area (Å²) >= 11 is 0. The first-order chi connectivity index (χ1) is 9.04. The summed E-state index contributed by atoms with van der Waals surface area (Å²) in [6.45, 7) is 2.31. The normalized spacial score (nSPS) is 10.4. The average molecular weight is 271 g/mol. The molecular formula is C12H18FN3O3. The van der Waals surface area contributed by atoms with Crippen LogP contribution in [0.3, 0.4) is 0 Å². The van der Waals surface area contributed by atoms with Crippen LogP contribution in [0.1, 0.15) is 32.6 Å². The summed E-state index contributed by atoms with van der Waals surface area (Å²) in [5.41, 5.74) is -1.88. The third-order valence-electron chi connectivity index (χ3n) is 2.63. The largest absolute Gasteiger partial charge is 0.355 e. The van der Waals surface area contributed by atoms with Gasteiger partial charge in [-0.25, -0.2) is 4.79 Å². The molecule has 1 aromatic heterocycles. The van der Waals surface area contributed by atoms with Gasteiger partial charge in [-0.1, -0.05) is 26.2 Å². The second kappa shape index (κ2) is 7.50. The fourth-order valence-corrected chi connectivity index (χ4v) is 1.59. The lowest BCUT2D eigenvalue weighted by atomic mass is 10.2. The molecule has 0 aliphatic rings. The lowest BCUT2D eigenvalue weighted by Crippen LogP contribution is -2.37. The minimum Gasteiger partial charge on any atom is -0.355 e. The average Bonchev–Trinajstić information content (AvgIpc) is 2.35. The van der Waals surface area contributed by atoms with Crippen LogP contribution in [0.15, 0.2) is 15.8 Å². The van der Waals surface area contributed by atoms with Crippen LogP contribution in [0.25, 0.3) is 0 Å². The topological polar surface area (TPSA) is 84.0 Å². The molecular weight excluding hydrogens is 253 g/mol. The van der Waals surface area contributed by atoms with E-state index in [0.29, 0.717) is 6.54 Å². The fraction of sp³-hybridized carbons (Fsp3) is 0.583. The number of unbranched alkanes of at least 4 members (excludes halogenated alkanes) is 3. The number of rotatable bonds is 7. The Morgan fingerprint density at radius 2 is 2.11 bits per heavy atom. The molecule has 106 valence electrons. The zero-order valence-electron chi connectivity index (χ0n) is 10.9. The van der Waals surface area contributed by atoms with Crippen LogP contribution in [-0.4, -0.2) is 22.0 Å². The molecule has 1 aromatic rings. The maximum Gasteiger partial charge on any atom is 0.328 e. The van der Waals surface area contributed by atoms with Crippen LogP contribution in [0.5, 0.6) is 0 Å². The molecule has 0 atom stereocenters. The quantitative estimate of drug-likeness (QED) is 0.703. The van der Waals surface area contributed by atoms with Gasteiger partial charge in [0, 0.05) is 6.54 Å². The zero-order chi connectivity index (χ0) is 14.3. The number of nitrogens with zero attached hydrogens (tertiary/aromatic N) is 1. The van der Waals surface area contributed by atoms with Gasteiger partial charge in [0.25, 0.3) is 5.56 Å². The number of aromatic amines is 1. The van der Waals surface area contributed by atoms with Gasteiger partial charge in [-0.05, 0) is 6.42 Å². The number of aromatic nitrogens is 2. The van der Waals surface area contributed by atoms with E-state index in [-0.39, 0.29) is 12.5 Å². The van der Waals surface area contributed by atoms with Crippen molar-refractivity contribution < 1.29 is 9.18 Å². The number of nitrogens with one attached hydrogen (secondary N) is 2. The molecule has 6 nitrogen and oxygen atoms in total. The number of halogens is 1. The fourth-order valence-electron chi connectivity index (χ4n) is 1.59. The van der Waals surface area contributed by atoms with Crippen LogP contribution in [0, 0.1) is 5.82 Å². The zero-order valence-corrected chi connectivity index (χ0v) is 10.9. The van der Waals surface area contributed by atoms with Crippen molar-refractivity contribution in [2.24, 2.45) is 0 Å². The molecule has 0 bridgehead atoms. The van der Waals surface area contributed by atoms with Gasteiger partial charge in [0.2, 0.25) is 11.7 Å². The van der Waals surface area contributed by atoms with Crippen molar-refractivity contribution in [2.45, 2.75) is 39.2 Å². The Morgan fingerprint density at radius 3 is 2.79 bits per heavy atom. The molecule has 1 amide bonds. The van der Waals surface area contributed by atoms with Gasteiger partial charge in [0.1, 0.15) is 6.54 Å². The Morgan fingerprint density at radius 1 is 1.37 bits per heavy atom. The van der Waals surface area contributed by atoms with Crippen molar-refractivity contribution >= 4 is 5.91 Å². The first kappa shape index (κ1) is 15.1. The molecule has 0 saturated heterocycles. The smallest absolute Gasteiger partial charge is 0.328 e. The Kier molecular flexibility index (Phi) is 5.98.